The molecule has 1 aliphatic rings. The van der Waals surface area contributed by atoms with Crippen molar-refractivity contribution in [2.45, 2.75) is 37.1 Å². The summed E-state index contributed by atoms with van der Waals surface area (Å²) in [6, 6.07) is 7.36. The molecule has 2 N–H and O–H groups in total. The number of amides is 1. The minimum absolute atomic E-state index is 0.0712. The fourth-order valence-corrected chi connectivity index (χ4v) is 3.52. The Morgan fingerprint density at radius 2 is 2.08 bits per heavy atom. The number of nitrogens with one attached hydrogen (secondary N) is 1. The van der Waals surface area contributed by atoms with E-state index in [1.807, 2.05) is 31.2 Å². The van der Waals surface area contributed by atoms with Crippen molar-refractivity contribution in [2.24, 2.45) is 0 Å². The van der Waals surface area contributed by atoms with Crippen molar-refractivity contribution < 1.29 is 14.3 Å². The van der Waals surface area contributed by atoms with Crippen molar-refractivity contribution in [2.75, 3.05) is 0 Å². The molecule has 2 unspecified atom stereocenters. The van der Waals surface area contributed by atoms with Gasteiger partial charge in [-0.15, -0.1) is 0 Å². The number of hydrogen-bond donors (Lipinski definition) is 2. The van der Waals surface area contributed by atoms with Crippen molar-refractivity contribution in [3.8, 4) is 0 Å². The Morgan fingerprint density at radius 1 is 1.38 bits per heavy atom. The molecule has 1 aliphatic carbocycles. The van der Waals surface area contributed by atoms with Crippen LogP contribution in [0.15, 0.2) is 39.6 Å². The Hall–Kier alpha value is -2.08. The topological polar surface area (TPSA) is 79.5 Å². The van der Waals surface area contributed by atoms with Crippen LogP contribution in [0.1, 0.15) is 42.3 Å². The average molecular weight is 392 g/mol. The first-order valence-electron chi connectivity index (χ1n) is 7.86. The minimum atomic E-state index is -0.997. The smallest absolute Gasteiger partial charge is 0.404 e. The van der Waals surface area contributed by atoms with Gasteiger partial charge >= 0.3 is 11.7 Å². The maximum absolute atomic E-state index is 12.2. The van der Waals surface area contributed by atoms with Crippen LogP contribution in [0.2, 0.25) is 0 Å². The molecule has 0 spiro atoms. The SMILES string of the molecule is CC(Br)c1oc(=O)c2ccccc2c1C1=CCC(NC(=O)O)CC1. The Bertz CT molecular complexity index is 869. The van der Waals surface area contributed by atoms with Crippen molar-refractivity contribution in [1.29, 1.82) is 0 Å². The summed E-state index contributed by atoms with van der Waals surface area (Å²) in [7, 11) is 0. The minimum Gasteiger partial charge on any atom is -0.465 e. The fourth-order valence-electron chi connectivity index (χ4n) is 3.20. The first-order chi connectivity index (χ1) is 11.5. The zero-order valence-electron chi connectivity index (χ0n) is 13.2. The molecule has 1 heterocycles. The van der Waals surface area contributed by atoms with Gasteiger partial charge in [0.25, 0.3) is 0 Å². The maximum atomic E-state index is 12.2. The average Bonchev–Trinajstić information content (AvgIpc) is 2.55. The predicted molar refractivity (Wildman–Crippen MR) is 96.6 cm³/mol. The van der Waals surface area contributed by atoms with Gasteiger partial charge in [0.2, 0.25) is 0 Å². The van der Waals surface area contributed by atoms with Gasteiger partial charge < -0.3 is 14.8 Å². The van der Waals surface area contributed by atoms with Gasteiger partial charge in [-0.2, -0.15) is 0 Å². The summed E-state index contributed by atoms with van der Waals surface area (Å²) in [6.07, 6.45) is 3.13. The maximum Gasteiger partial charge on any atom is 0.404 e. The van der Waals surface area contributed by atoms with Crippen LogP contribution in [0.3, 0.4) is 0 Å². The lowest BCUT2D eigenvalue weighted by Gasteiger charge is -2.24. The van der Waals surface area contributed by atoms with E-state index in [0.29, 0.717) is 17.6 Å². The molecule has 24 heavy (non-hydrogen) atoms. The lowest BCUT2D eigenvalue weighted by Crippen LogP contribution is -2.34. The molecule has 1 amide bonds. The lowest BCUT2D eigenvalue weighted by molar-refractivity contribution is 0.189. The zero-order valence-corrected chi connectivity index (χ0v) is 14.8. The van der Waals surface area contributed by atoms with Crippen molar-refractivity contribution in [3.05, 3.63) is 52.1 Å². The second-order valence-electron chi connectivity index (χ2n) is 5.94. The number of carbonyl (C=O) groups is 1. The molecule has 1 aromatic carbocycles. The Labute approximate surface area is 147 Å². The predicted octanol–water partition coefficient (Wildman–Crippen LogP) is 4.45. The fraction of sp³-hybridized carbons (Fsp3) is 0.333. The number of alkyl halides is 1. The molecular weight excluding hydrogens is 374 g/mol. The molecule has 6 heteroatoms. The first-order valence-corrected chi connectivity index (χ1v) is 8.77. The van der Waals surface area contributed by atoms with Gasteiger partial charge in [-0.3, -0.25) is 0 Å². The molecule has 2 atom stereocenters. The van der Waals surface area contributed by atoms with Gasteiger partial charge in [0.1, 0.15) is 5.76 Å². The summed E-state index contributed by atoms with van der Waals surface area (Å²) < 4.78 is 5.57. The van der Waals surface area contributed by atoms with Gasteiger partial charge in [0.05, 0.1) is 10.2 Å². The highest BCUT2D eigenvalue weighted by atomic mass is 79.9. The quantitative estimate of drug-likeness (QED) is 0.757. The number of fused-ring (bicyclic) bond motifs is 1. The molecule has 126 valence electrons. The van der Waals surface area contributed by atoms with Crippen LogP contribution in [0.4, 0.5) is 4.79 Å². The summed E-state index contributed by atoms with van der Waals surface area (Å²) in [5.41, 5.74) is 1.71. The van der Waals surface area contributed by atoms with Gasteiger partial charge in [-0.1, -0.05) is 40.2 Å². The summed E-state index contributed by atoms with van der Waals surface area (Å²) in [4.78, 5) is 22.9. The Morgan fingerprint density at radius 3 is 2.67 bits per heavy atom. The van der Waals surface area contributed by atoms with Crippen molar-refractivity contribution >= 4 is 38.4 Å². The van der Waals surface area contributed by atoms with E-state index in [-0.39, 0.29) is 16.5 Å². The normalized spacial score (nSPS) is 18.9. The van der Waals surface area contributed by atoms with Crippen LogP contribution >= 0.6 is 15.9 Å². The summed E-state index contributed by atoms with van der Waals surface area (Å²) in [5, 5.41) is 12.8. The second-order valence-corrected chi connectivity index (χ2v) is 7.31. The molecule has 5 nitrogen and oxygen atoms in total. The highest BCUT2D eigenvalue weighted by Gasteiger charge is 2.23. The van der Waals surface area contributed by atoms with Crippen LogP contribution < -0.4 is 10.9 Å². The highest BCUT2D eigenvalue weighted by molar-refractivity contribution is 9.09. The summed E-state index contributed by atoms with van der Waals surface area (Å²) in [6.45, 7) is 1.93. The second kappa shape index (κ2) is 6.81. The van der Waals surface area contributed by atoms with E-state index in [0.717, 1.165) is 29.4 Å². The van der Waals surface area contributed by atoms with Crippen LogP contribution in [0.5, 0.6) is 0 Å². The molecule has 1 aromatic heterocycles. The van der Waals surface area contributed by atoms with E-state index >= 15 is 0 Å². The number of benzene rings is 1. The molecular formula is C18H18BrNO4. The van der Waals surface area contributed by atoms with Crippen LogP contribution in [-0.2, 0) is 0 Å². The van der Waals surface area contributed by atoms with Crippen LogP contribution in [0.25, 0.3) is 16.3 Å². The molecule has 0 radical (unpaired) electrons. The first kappa shape index (κ1) is 16.8. The number of allylic oxidation sites excluding steroid dienone is 1. The van der Waals surface area contributed by atoms with Crippen molar-refractivity contribution in [3.63, 3.8) is 0 Å². The van der Waals surface area contributed by atoms with E-state index < -0.39 is 6.09 Å². The van der Waals surface area contributed by atoms with E-state index in [1.54, 1.807) is 6.07 Å². The Balaban J connectivity index is 2.10. The van der Waals surface area contributed by atoms with Crippen LogP contribution in [-0.4, -0.2) is 17.2 Å². The molecule has 0 aliphatic heterocycles. The van der Waals surface area contributed by atoms with Crippen molar-refractivity contribution in [1.82, 2.24) is 5.32 Å². The number of halogens is 1. The third-order valence-electron chi connectivity index (χ3n) is 4.29. The van der Waals surface area contributed by atoms with E-state index in [1.165, 1.54) is 0 Å². The van der Waals surface area contributed by atoms with E-state index in [2.05, 4.69) is 21.2 Å². The zero-order chi connectivity index (χ0) is 17.3. The molecule has 0 saturated carbocycles. The molecule has 0 fully saturated rings. The molecule has 2 aromatic rings. The monoisotopic (exact) mass is 391 g/mol. The standard InChI is InChI=1S/C18H18BrNO4/c1-10(19)16-15(11-6-8-12(9-7-11)20-18(22)23)13-4-2-3-5-14(13)17(21)24-16/h2-6,10,12,20H,7-9H2,1H3,(H,22,23). The summed E-state index contributed by atoms with van der Waals surface area (Å²) >= 11 is 3.51. The van der Waals surface area contributed by atoms with Gasteiger partial charge in [0.15, 0.2) is 0 Å². The van der Waals surface area contributed by atoms with E-state index in [4.69, 9.17) is 9.52 Å². The van der Waals surface area contributed by atoms with Gasteiger partial charge in [0, 0.05) is 11.6 Å². The largest absolute Gasteiger partial charge is 0.465 e. The molecule has 0 bridgehead atoms. The van der Waals surface area contributed by atoms with Crippen LogP contribution in [0, 0.1) is 0 Å². The lowest BCUT2D eigenvalue weighted by atomic mass is 9.87. The van der Waals surface area contributed by atoms with E-state index in [9.17, 15) is 9.59 Å². The number of rotatable bonds is 3. The van der Waals surface area contributed by atoms with Gasteiger partial charge in [-0.05, 0) is 43.2 Å². The molecule has 3 rings (SSSR count). The Kier molecular flexibility index (Phi) is 4.76. The summed E-state index contributed by atoms with van der Waals surface area (Å²) in [5.74, 6) is 0.620. The highest BCUT2D eigenvalue weighted by Crippen LogP contribution is 2.37. The van der Waals surface area contributed by atoms with Gasteiger partial charge in [-0.25, -0.2) is 9.59 Å². The third kappa shape index (κ3) is 3.24. The molecule has 0 saturated heterocycles. The number of hydrogen-bond acceptors (Lipinski definition) is 3. The number of carboxylic acid groups (broad SMARTS) is 1. The third-order valence-corrected chi connectivity index (χ3v) is 4.70.